The molecule has 0 aromatic carbocycles. The molecule has 96 valence electrons. The van der Waals surface area contributed by atoms with Crippen LogP contribution in [0.15, 0.2) is 49.1 Å². The minimum Gasteiger partial charge on any atom is -0.346 e. The van der Waals surface area contributed by atoms with E-state index in [0.29, 0.717) is 0 Å². The lowest BCUT2D eigenvalue weighted by molar-refractivity contribution is 0.575. The predicted molar refractivity (Wildman–Crippen MR) is 75.6 cm³/mol. The Morgan fingerprint density at radius 1 is 1.26 bits per heavy atom. The molecular formula is C15H16N4. The maximum absolute atomic E-state index is 4.29. The number of nitrogens with one attached hydrogen (secondary N) is 2. The van der Waals surface area contributed by atoms with Crippen LogP contribution in [0.3, 0.4) is 0 Å². The second-order valence-corrected chi connectivity index (χ2v) is 4.60. The van der Waals surface area contributed by atoms with Crippen molar-refractivity contribution in [1.82, 2.24) is 20.3 Å². The fourth-order valence-electron chi connectivity index (χ4n) is 2.17. The van der Waals surface area contributed by atoms with Crippen molar-refractivity contribution in [2.45, 2.75) is 19.5 Å². The Bertz CT molecular complexity index is 660. The summed E-state index contributed by atoms with van der Waals surface area (Å²) in [5.74, 6) is 0. The molecule has 0 amide bonds. The molecule has 0 saturated carbocycles. The van der Waals surface area contributed by atoms with Crippen molar-refractivity contribution >= 4 is 11.0 Å². The predicted octanol–water partition coefficient (Wildman–Crippen LogP) is 2.81. The third kappa shape index (κ3) is 2.48. The van der Waals surface area contributed by atoms with Gasteiger partial charge in [-0.1, -0.05) is 6.07 Å². The van der Waals surface area contributed by atoms with Crippen molar-refractivity contribution in [3.63, 3.8) is 0 Å². The number of hydrogen-bond acceptors (Lipinski definition) is 3. The van der Waals surface area contributed by atoms with Gasteiger partial charge in [-0.15, -0.1) is 0 Å². The molecule has 0 aliphatic rings. The Morgan fingerprint density at radius 3 is 3.00 bits per heavy atom. The van der Waals surface area contributed by atoms with Crippen LogP contribution in [0.5, 0.6) is 0 Å². The van der Waals surface area contributed by atoms with E-state index in [1.165, 1.54) is 16.5 Å². The highest BCUT2D eigenvalue weighted by Gasteiger charge is 2.07. The molecule has 0 fully saturated rings. The zero-order valence-corrected chi connectivity index (χ0v) is 10.8. The SMILES string of the molecule is CC(NCc1c[nH]c2ncccc12)c1cccnc1. The molecule has 3 aromatic rings. The molecular weight excluding hydrogens is 236 g/mol. The maximum Gasteiger partial charge on any atom is 0.137 e. The zero-order chi connectivity index (χ0) is 13.1. The summed E-state index contributed by atoms with van der Waals surface area (Å²) in [5.41, 5.74) is 3.37. The Morgan fingerprint density at radius 2 is 2.16 bits per heavy atom. The summed E-state index contributed by atoms with van der Waals surface area (Å²) in [4.78, 5) is 11.6. The summed E-state index contributed by atoms with van der Waals surface area (Å²) in [7, 11) is 0. The number of aromatic nitrogens is 3. The average Bonchev–Trinajstić information content (AvgIpc) is 2.89. The molecule has 4 nitrogen and oxygen atoms in total. The van der Waals surface area contributed by atoms with Gasteiger partial charge in [-0.2, -0.15) is 0 Å². The zero-order valence-electron chi connectivity index (χ0n) is 10.8. The van der Waals surface area contributed by atoms with Crippen LogP contribution in [0.4, 0.5) is 0 Å². The van der Waals surface area contributed by atoms with E-state index in [1.54, 1.807) is 12.4 Å². The van der Waals surface area contributed by atoms with Crippen LogP contribution in [0.2, 0.25) is 0 Å². The second kappa shape index (κ2) is 5.20. The number of nitrogens with zero attached hydrogens (tertiary/aromatic N) is 2. The van der Waals surface area contributed by atoms with Crippen molar-refractivity contribution in [3.05, 3.63) is 60.2 Å². The lowest BCUT2D eigenvalue weighted by Crippen LogP contribution is -2.17. The van der Waals surface area contributed by atoms with Crippen molar-refractivity contribution in [2.75, 3.05) is 0 Å². The van der Waals surface area contributed by atoms with Crippen LogP contribution in [0, 0.1) is 0 Å². The van der Waals surface area contributed by atoms with E-state index in [-0.39, 0.29) is 6.04 Å². The minimum absolute atomic E-state index is 0.273. The van der Waals surface area contributed by atoms with E-state index in [0.717, 1.165) is 12.2 Å². The number of fused-ring (bicyclic) bond motifs is 1. The number of aromatic amines is 1. The number of pyridine rings is 2. The van der Waals surface area contributed by atoms with Gasteiger partial charge < -0.3 is 10.3 Å². The molecule has 0 aliphatic carbocycles. The molecule has 4 heteroatoms. The number of rotatable bonds is 4. The molecule has 0 radical (unpaired) electrons. The van der Waals surface area contributed by atoms with Gasteiger partial charge >= 0.3 is 0 Å². The maximum atomic E-state index is 4.29. The lowest BCUT2D eigenvalue weighted by Gasteiger charge is -2.13. The molecule has 0 saturated heterocycles. The summed E-state index contributed by atoms with van der Waals surface area (Å²) in [6.45, 7) is 2.95. The summed E-state index contributed by atoms with van der Waals surface area (Å²) in [5, 5.41) is 4.68. The first-order chi connectivity index (χ1) is 9.34. The Hall–Kier alpha value is -2.20. The molecule has 3 rings (SSSR count). The van der Waals surface area contributed by atoms with Crippen LogP contribution < -0.4 is 5.32 Å². The molecule has 1 atom stereocenters. The molecule has 19 heavy (non-hydrogen) atoms. The summed E-state index contributed by atoms with van der Waals surface area (Å²) < 4.78 is 0. The third-order valence-corrected chi connectivity index (χ3v) is 3.32. The summed E-state index contributed by atoms with van der Waals surface area (Å²) >= 11 is 0. The van der Waals surface area contributed by atoms with Crippen LogP contribution in [0.1, 0.15) is 24.1 Å². The van der Waals surface area contributed by atoms with E-state index >= 15 is 0 Å². The van der Waals surface area contributed by atoms with Crippen LogP contribution in [-0.4, -0.2) is 15.0 Å². The Balaban J connectivity index is 1.73. The summed E-state index contributed by atoms with van der Waals surface area (Å²) in [6.07, 6.45) is 7.50. The van der Waals surface area contributed by atoms with E-state index < -0.39 is 0 Å². The Labute approximate surface area is 111 Å². The number of H-pyrrole nitrogens is 1. The van der Waals surface area contributed by atoms with Gasteiger partial charge in [0.05, 0.1) is 0 Å². The normalized spacial score (nSPS) is 12.7. The van der Waals surface area contributed by atoms with Crippen molar-refractivity contribution in [3.8, 4) is 0 Å². The fraction of sp³-hybridized carbons (Fsp3) is 0.200. The van der Waals surface area contributed by atoms with Gasteiger partial charge in [-0.3, -0.25) is 4.98 Å². The monoisotopic (exact) mass is 252 g/mol. The van der Waals surface area contributed by atoms with E-state index in [1.807, 2.05) is 24.5 Å². The second-order valence-electron chi connectivity index (χ2n) is 4.60. The van der Waals surface area contributed by atoms with Gasteiger partial charge in [0.25, 0.3) is 0 Å². The minimum atomic E-state index is 0.273. The van der Waals surface area contributed by atoms with E-state index in [2.05, 4.69) is 39.3 Å². The number of hydrogen-bond donors (Lipinski definition) is 2. The first kappa shape index (κ1) is 11.9. The molecule has 0 spiro atoms. The summed E-state index contributed by atoms with van der Waals surface area (Å²) in [6, 6.07) is 8.37. The van der Waals surface area contributed by atoms with Gasteiger partial charge in [0.2, 0.25) is 0 Å². The first-order valence-corrected chi connectivity index (χ1v) is 6.39. The molecule has 0 bridgehead atoms. The van der Waals surface area contributed by atoms with Crippen molar-refractivity contribution in [1.29, 1.82) is 0 Å². The van der Waals surface area contributed by atoms with Gasteiger partial charge in [0.15, 0.2) is 0 Å². The van der Waals surface area contributed by atoms with Gasteiger partial charge in [-0.05, 0) is 36.2 Å². The first-order valence-electron chi connectivity index (χ1n) is 6.39. The molecule has 1 unspecified atom stereocenters. The van der Waals surface area contributed by atoms with E-state index in [9.17, 15) is 0 Å². The third-order valence-electron chi connectivity index (χ3n) is 3.32. The highest BCUT2D eigenvalue weighted by molar-refractivity contribution is 5.79. The highest BCUT2D eigenvalue weighted by atomic mass is 14.9. The molecule has 2 N–H and O–H groups in total. The lowest BCUT2D eigenvalue weighted by atomic mass is 10.1. The molecule has 0 aliphatic heterocycles. The quantitative estimate of drug-likeness (QED) is 0.750. The van der Waals surface area contributed by atoms with Crippen molar-refractivity contribution < 1.29 is 0 Å². The fourth-order valence-corrected chi connectivity index (χ4v) is 2.17. The Kier molecular flexibility index (Phi) is 3.25. The van der Waals surface area contributed by atoms with Crippen LogP contribution in [-0.2, 0) is 6.54 Å². The topological polar surface area (TPSA) is 53.6 Å². The van der Waals surface area contributed by atoms with Gasteiger partial charge in [-0.25, -0.2) is 4.98 Å². The van der Waals surface area contributed by atoms with Crippen LogP contribution >= 0.6 is 0 Å². The van der Waals surface area contributed by atoms with E-state index in [4.69, 9.17) is 0 Å². The highest BCUT2D eigenvalue weighted by Crippen LogP contribution is 2.17. The molecule has 3 aromatic heterocycles. The van der Waals surface area contributed by atoms with Gasteiger partial charge in [0, 0.05) is 42.8 Å². The van der Waals surface area contributed by atoms with Crippen molar-refractivity contribution in [2.24, 2.45) is 0 Å². The largest absolute Gasteiger partial charge is 0.346 e. The van der Waals surface area contributed by atoms with Gasteiger partial charge in [0.1, 0.15) is 5.65 Å². The smallest absolute Gasteiger partial charge is 0.137 e. The molecule has 3 heterocycles. The standard InChI is InChI=1S/C15H16N4/c1-11(12-4-2-6-16-8-12)18-9-13-10-19-15-14(13)5-3-7-17-15/h2-8,10-11,18H,9H2,1H3,(H,17,19). The average molecular weight is 252 g/mol. The van der Waals surface area contributed by atoms with Crippen LogP contribution in [0.25, 0.3) is 11.0 Å².